The lowest BCUT2D eigenvalue weighted by Crippen LogP contribution is -2.13. The number of sulfonamides is 1. The van der Waals surface area contributed by atoms with Crippen LogP contribution in [-0.2, 0) is 10.0 Å². The summed E-state index contributed by atoms with van der Waals surface area (Å²) in [6, 6.07) is 14.2. The van der Waals surface area contributed by atoms with Crippen molar-refractivity contribution in [2.24, 2.45) is 0 Å². The van der Waals surface area contributed by atoms with Gasteiger partial charge in [-0.15, -0.1) is 0 Å². The Morgan fingerprint density at radius 1 is 1.05 bits per heavy atom. The number of para-hydroxylation sites is 2. The van der Waals surface area contributed by atoms with Gasteiger partial charge < -0.3 is 4.42 Å². The Hall–Kier alpha value is -2.60. The largest absolute Gasteiger partial charge is 0.437 e. The van der Waals surface area contributed by atoms with Gasteiger partial charge in [-0.3, -0.25) is 4.72 Å². The first-order valence-corrected chi connectivity index (χ1v) is 7.81. The van der Waals surface area contributed by atoms with Crippen molar-refractivity contribution in [3.05, 3.63) is 60.0 Å². The summed E-state index contributed by atoms with van der Waals surface area (Å²) in [4.78, 5) is 4.59. The number of nitrogens with one attached hydrogen (secondary N) is 1. The lowest BCUT2D eigenvalue weighted by Gasteiger charge is -1.96. The number of rotatable bonds is 1. The number of fused-ring (bicyclic) bond motifs is 2. The summed E-state index contributed by atoms with van der Waals surface area (Å²) in [6.45, 7) is 0. The average molecular weight is 298 g/mol. The van der Waals surface area contributed by atoms with Gasteiger partial charge in [-0.05, 0) is 18.2 Å². The van der Waals surface area contributed by atoms with Gasteiger partial charge in [0.2, 0.25) is 5.89 Å². The van der Waals surface area contributed by atoms with Crippen LogP contribution in [-0.4, -0.2) is 13.4 Å². The van der Waals surface area contributed by atoms with Gasteiger partial charge >= 0.3 is 0 Å². The molecule has 2 heterocycles. The Morgan fingerprint density at radius 2 is 1.81 bits per heavy atom. The maximum Gasteiger partial charge on any atom is 0.262 e. The second kappa shape index (κ2) is 4.20. The number of hydrogen-bond acceptors (Lipinski definition) is 4. The van der Waals surface area contributed by atoms with Crippen LogP contribution in [0.1, 0.15) is 11.5 Å². The molecule has 1 aromatic heterocycles. The number of nitrogens with zero attached hydrogens (tertiary/aromatic N) is 1. The van der Waals surface area contributed by atoms with Crippen LogP contribution in [0.3, 0.4) is 0 Å². The highest BCUT2D eigenvalue weighted by molar-refractivity contribution is 7.90. The lowest BCUT2D eigenvalue weighted by molar-refractivity contribution is 0.589. The molecule has 1 aliphatic rings. The van der Waals surface area contributed by atoms with E-state index in [1.807, 2.05) is 24.3 Å². The van der Waals surface area contributed by atoms with Crippen molar-refractivity contribution >= 4 is 32.9 Å². The van der Waals surface area contributed by atoms with Crippen molar-refractivity contribution in [2.45, 2.75) is 4.90 Å². The van der Waals surface area contributed by atoms with Gasteiger partial charge in [-0.1, -0.05) is 30.3 Å². The van der Waals surface area contributed by atoms with E-state index in [1.165, 1.54) is 0 Å². The summed E-state index contributed by atoms with van der Waals surface area (Å²) >= 11 is 0. The molecule has 6 heteroatoms. The van der Waals surface area contributed by atoms with Crippen molar-refractivity contribution in [3.63, 3.8) is 0 Å². The van der Waals surface area contributed by atoms with Crippen molar-refractivity contribution in [1.29, 1.82) is 0 Å². The van der Waals surface area contributed by atoms with E-state index in [9.17, 15) is 8.42 Å². The summed E-state index contributed by atoms with van der Waals surface area (Å²) in [5.41, 5.74) is 2.49. The summed E-state index contributed by atoms with van der Waals surface area (Å²) in [7, 11) is -3.49. The van der Waals surface area contributed by atoms with Crippen LogP contribution in [0.2, 0.25) is 0 Å². The Bertz CT molecular complexity index is 954. The van der Waals surface area contributed by atoms with E-state index in [-0.39, 0.29) is 4.90 Å². The molecule has 0 saturated heterocycles. The van der Waals surface area contributed by atoms with E-state index in [1.54, 1.807) is 30.3 Å². The van der Waals surface area contributed by atoms with Gasteiger partial charge in [0.1, 0.15) is 5.52 Å². The molecule has 0 bridgehead atoms. The van der Waals surface area contributed by atoms with Gasteiger partial charge in [0.05, 0.1) is 10.6 Å². The van der Waals surface area contributed by atoms with Gasteiger partial charge in [0.25, 0.3) is 10.0 Å². The van der Waals surface area contributed by atoms with Crippen molar-refractivity contribution in [2.75, 3.05) is 0 Å². The molecule has 0 fully saturated rings. The summed E-state index contributed by atoms with van der Waals surface area (Å²) in [5.74, 6) is 0.366. The zero-order chi connectivity index (χ0) is 14.4. The number of oxazole rings is 1. The van der Waals surface area contributed by atoms with Crippen LogP contribution < -0.4 is 4.72 Å². The number of aromatic nitrogens is 1. The van der Waals surface area contributed by atoms with Gasteiger partial charge in [0, 0.05) is 11.6 Å². The molecule has 4 rings (SSSR count). The Morgan fingerprint density at radius 3 is 2.67 bits per heavy atom. The monoisotopic (exact) mass is 298 g/mol. The molecule has 0 radical (unpaired) electrons. The molecule has 0 saturated carbocycles. The topological polar surface area (TPSA) is 72.2 Å². The van der Waals surface area contributed by atoms with E-state index >= 15 is 0 Å². The SMILES string of the molecule is O=S1(=O)N/C(=C/c2nc3ccccc3o2)c2ccccc21. The van der Waals surface area contributed by atoms with Crippen LogP contribution in [0.25, 0.3) is 22.9 Å². The third-order valence-corrected chi connectivity index (χ3v) is 4.71. The van der Waals surface area contributed by atoms with Crippen molar-refractivity contribution < 1.29 is 12.8 Å². The molecule has 0 atom stereocenters. The van der Waals surface area contributed by atoms with Crippen LogP contribution in [0.5, 0.6) is 0 Å². The summed E-state index contributed by atoms with van der Waals surface area (Å²) in [6.07, 6.45) is 1.60. The standard InChI is InChI=1S/C15H10N2O3S/c18-21(19)14-8-4-1-5-10(14)12(17-21)9-15-16-11-6-2-3-7-13(11)20-15/h1-9,17H/b12-9+. The van der Waals surface area contributed by atoms with Crippen LogP contribution in [0.4, 0.5) is 0 Å². The first-order valence-electron chi connectivity index (χ1n) is 6.33. The molecule has 0 amide bonds. The third kappa shape index (κ3) is 1.92. The molecule has 0 aliphatic carbocycles. The molecule has 1 aliphatic heterocycles. The molecule has 1 N–H and O–H groups in total. The summed E-state index contributed by atoms with van der Waals surface area (Å²) in [5, 5.41) is 0. The minimum absolute atomic E-state index is 0.271. The second-order valence-corrected chi connectivity index (χ2v) is 6.33. The van der Waals surface area contributed by atoms with E-state index < -0.39 is 10.0 Å². The normalized spacial score (nSPS) is 17.8. The van der Waals surface area contributed by atoms with Gasteiger partial charge in [0.15, 0.2) is 5.58 Å². The predicted octanol–water partition coefficient (Wildman–Crippen LogP) is 2.62. The van der Waals surface area contributed by atoms with E-state index in [2.05, 4.69) is 9.71 Å². The molecular formula is C15H10N2O3S. The smallest absolute Gasteiger partial charge is 0.262 e. The Balaban J connectivity index is 1.87. The zero-order valence-electron chi connectivity index (χ0n) is 10.8. The second-order valence-electron chi connectivity index (χ2n) is 4.68. The quantitative estimate of drug-likeness (QED) is 0.749. The highest BCUT2D eigenvalue weighted by Gasteiger charge is 2.29. The molecule has 21 heavy (non-hydrogen) atoms. The highest BCUT2D eigenvalue weighted by atomic mass is 32.2. The molecule has 0 spiro atoms. The van der Waals surface area contributed by atoms with E-state index in [0.717, 1.165) is 5.52 Å². The fraction of sp³-hybridized carbons (Fsp3) is 0. The highest BCUT2D eigenvalue weighted by Crippen LogP contribution is 2.31. The van der Waals surface area contributed by atoms with E-state index in [4.69, 9.17) is 4.42 Å². The van der Waals surface area contributed by atoms with Crippen LogP contribution >= 0.6 is 0 Å². The predicted molar refractivity (Wildman–Crippen MR) is 78.6 cm³/mol. The van der Waals surface area contributed by atoms with Gasteiger partial charge in [-0.2, -0.15) is 0 Å². The average Bonchev–Trinajstić information content (AvgIpc) is 2.98. The molecular weight excluding hydrogens is 288 g/mol. The Kier molecular flexibility index (Phi) is 2.43. The van der Waals surface area contributed by atoms with Crippen molar-refractivity contribution in [1.82, 2.24) is 9.71 Å². The van der Waals surface area contributed by atoms with E-state index in [0.29, 0.717) is 22.7 Å². The molecule has 104 valence electrons. The number of benzene rings is 2. The Labute approximate surface area is 121 Å². The first-order chi connectivity index (χ1) is 10.1. The maximum absolute atomic E-state index is 12.0. The molecule has 3 aromatic rings. The minimum atomic E-state index is -3.49. The fourth-order valence-corrected chi connectivity index (χ4v) is 3.65. The van der Waals surface area contributed by atoms with Crippen LogP contribution in [0.15, 0.2) is 57.8 Å². The summed E-state index contributed by atoms with van der Waals surface area (Å²) < 4.78 is 32.2. The molecule has 0 unspecified atom stereocenters. The first kappa shape index (κ1) is 12.2. The van der Waals surface area contributed by atoms with Crippen LogP contribution in [0, 0.1) is 0 Å². The zero-order valence-corrected chi connectivity index (χ0v) is 11.6. The molecule has 2 aromatic carbocycles. The fourth-order valence-electron chi connectivity index (χ4n) is 2.36. The third-order valence-electron chi connectivity index (χ3n) is 3.29. The lowest BCUT2D eigenvalue weighted by atomic mass is 10.1. The van der Waals surface area contributed by atoms with Gasteiger partial charge in [-0.25, -0.2) is 13.4 Å². The molecule has 5 nitrogen and oxygen atoms in total. The number of hydrogen-bond donors (Lipinski definition) is 1. The minimum Gasteiger partial charge on any atom is -0.437 e. The maximum atomic E-state index is 12.0. The van der Waals surface area contributed by atoms with Crippen molar-refractivity contribution in [3.8, 4) is 0 Å².